The summed E-state index contributed by atoms with van der Waals surface area (Å²) in [6, 6.07) is 1.35. The van der Waals surface area contributed by atoms with Crippen molar-refractivity contribution in [2.75, 3.05) is 26.2 Å². The third-order valence-electron chi connectivity index (χ3n) is 6.05. The maximum absolute atomic E-state index is 6.28. The maximum Gasteiger partial charge on any atom is 0.0359 e. The molecule has 3 nitrogen and oxygen atoms in total. The zero-order valence-electron chi connectivity index (χ0n) is 14.2. The molecule has 3 unspecified atom stereocenters. The van der Waals surface area contributed by atoms with Crippen LogP contribution in [0.25, 0.3) is 0 Å². The highest BCUT2D eigenvalue weighted by atomic mass is 15.3. The van der Waals surface area contributed by atoms with E-state index in [9.17, 15) is 0 Å². The van der Waals surface area contributed by atoms with Gasteiger partial charge in [0, 0.05) is 43.8 Å². The molecule has 0 saturated carbocycles. The summed E-state index contributed by atoms with van der Waals surface area (Å²) in [5.41, 5.74) is 6.54. The molecule has 0 spiro atoms. The van der Waals surface area contributed by atoms with Gasteiger partial charge in [-0.15, -0.1) is 0 Å². The van der Waals surface area contributed by atoms with Crippen molar-refractivity contribution in [3.63, 3.8) is 0 Å². The lowest BCUT2D eigenvalue weighted by molar-refractivity contribution is -0.0509. The molecule has 0 amide bonds. The fraction of sp³-hybridized carbons (Fsp3) is 1.00. The van der Waals surface area contributed by atoms with Crippen LogP contribution < -0.4 is 5.73 Å². The standard InChI is InChI=1S/C17H35N3/c1-13(2)19-8-6-17(12-18,7-9-19)20-11-14(3)10-15(4)16(20)5/h13-16H,6-12,18H2,1-5H3. The van der Waals surface area contributed by atoms with E-state index < -0.39 is 0 Å². The van der Waals surface area contributed by atoms with E-state index in [-0.39, 0.29) is 5.54 Å². The summed E-state index contributed by atoms with van der Waals surface area (Å²) < 4.78 is 0. The zero-order valence-corrected chi connectivity index (χ0v) is 14.2. The van der Waals surface area contributed by atoms with Crippen LogP contribution in [0.4, 0.5) is 0 Å². The molecule has 0 aromatic rings. The van der Waals surface area contributed by atoms with Crippen molar-refractivity contribution in [3.8, 4) is 0 Å². The summed E-state index contributed by atoms with van der Waals surface area (Å²) in [6.45, 7) is 16.3. The highest BCUT2D eigenvalue weighted by Crippen LogP contribution is 2.37. The molecule has 2 rings (SSSR count). The fourth-order valence-electron chi connectivity index (χ4n) is 4.41. The minimum absolute atomic E-state index is 0.258. The van der Waals surface area contributed by atoms with Crippen LogP contribution in [0.3, 0.4) is 0 Å². The number of nitrogens with two attached hydrogens (primary N) is 1. The molecule has 20 heavy (non-hydrogen) atoms. The summed E-state index contributed by atoms with van der Waals surface area (Å²) in [4.78, 5) is 5.39. The van der Waals surface area contributed by atoms with Gasteiger partial charge in [-0.2, -0.15) is 0 Å². The second kappa shape index (κ2) is 6.33. The number of rotatable bonds is 3. The van der Waals surface area contributed by atoms with Gasteiger partial charge in [-0.1, -0.05) is 13.8 Å². The van der Waals surface area contributed by atoms with E-state index in [1.165, 1.54) is 38.9 Å². The predicted molar refractivity (Wildman–Crippen MR) is 86.8 cm³/mol. The van der Waals surface area contributed by atoms with Crippen LogP contribution in [0, 0.1) is 11.8 Å². The Balaban J connectivity index is 2.11. The van der Waals surface area contributed by atoms with Gasteiger partial charge in [0.2, 0.25) is 0 Å². The molecule has 2 N–H and O–H groups in total. The molecule has 0 aromatic carbocycles. The number of piperidine rings is 2. The van der Waals surface area contributed by atoms with Gasteiger partial charge >= 0.3 is 0 Å². The van der Waals surface area contributed by atoms with Crippen LogP contribution >= 0.6 is 0 Å². The van der Waals surface area contributed by atoms with Gasteiger partial charge in [0.15, 0.2) is 0 Å². The van der Waals surface area contributed by atoms with E-state index in [1.807, 2.05) is 0 Å². The summed E-state index contributed by atoms with van der Waals surface area (Å²) >= 11 is 0. The third kappa shape index (κ3) is 3.05. The molecule has 2 saturated heterocycles. The molecular weight excluding hydrogens is 246 g/mol. The Morgan fingerprint density at radius 2 is 1.75 bits per heavy atom. The Morgan fingerprint density at radius 3 is 2.25 bits per heavy atom. The average Bonchev–Trinajstić information content (AvgIpc) is 2.42. The Kier molecular flexibility index (Phi) is 5.14. The molecule has 2 aliphatic rings. The number of likely N-dealkylation sites (tertiary alicyclic amines) is 2. The SMILES string of the molecule is CC1CC(C)C(C)N(C2(CN)CCN(C(C)C)CC2)C1. The Hall–Kier alpha value is -0.120. The van der Waals surface area contributed by atoms with Crippen molar-refractivity contribution < 1.29 is 0 Å². The second-order valence-electron chi connectivity index (χ2n) is 7.77. The monoisotopic (exact) mass is 281 g/mol. The molecule has 118 valence electrons. The molecular formula is C17H35N3. The molecule has 0 bridgehead atoms. The van der Waals surface area contributed by atoms with E-state index in [0.29, 0.717) is 12.1 Å². The fourth-order valence-corrected chi connectivity index (χ4v) is 4.41. The quantitative estimate of drug-likeness (QED) is 0.863. The highest BCUT2D eigenvalue weighted by molar-refractivity contribution is 5.01. The topological polar surface area (TPSA) is 32.5 Å². The first-order valence-corrected chi connectivity index (χ1v) is 8.60. The van der Waals surface area contributed by atoms with E-state index >= 15 is 0 Å². The molecule has 2 heterocycles. The molecule has 0 aliphatic carbocycles. The van der Waals surface area contributed by atoms with Gasteiger partial charge in [0.25, 0.3) is 0 Å². The number of nitrogens with zero attached hydrogens (tertiary/aromatic N) is 2. The van der Waals surface area contributed by atoms with Crippen LogP contribution in [0.5, 0.6) is 0 Å². The van der Waals surface area contributed by atoms with Crippen molar-refractivity contribution in [2.45, 2.75) is 71.5 Å². The van der Waals surface area contributed by atoms with Crippen LogP contribution in [-0.2, 0) is 0 Å². The van der Waals surface area contributed by atoms with Gasteiger partial charge in [-0.3, -0.25) is 4.90 Å². The lowest BCUT2D eigenvalue weighted by Gasteiger charge is -2.55. The predicted octanol–water partition coefficient (Wildman–Crippen LogP) is 2.55. The summed E-state index contributed by atoms with van der Waals surface area (Å²) in [5.74, 6) is 1.61. The van der Waals surface area contributed by atoms with E-state index in [2.05, 4.69) is 44.4 Å². The van der Waals surface area contributed by atoms with Crippen molar-refractivity contribution in [1.29, 1.82) is 0 Å². The minimum atomic E-state index is 0.258. The summed E-state index contributed by atoms with van der Waals surface area (Å²) in [5, 5.41) is 0. The van der Waals surface area contributed by atoms with Crippen LogP contribution in [0.15, 0.2) is 0 Å². The summed E-state index contributed by atoms with van der Waals surface area (Å²) in [6.07, 6.45) is 3.85. The lowest BCUT2D eigenvalue weighted by atomic mass is 9.77. The average molecular weight is 281 g/mol. The Bertz CT molecular complexity index is 307. The highest BCUT2D eigenvalue weighted by Gasteiger charge is 2.44. The first-order valence-electron chi connectivity index (χ1n) is 8.60. The smallest absolute Gasteiger partial charge is 0.0359 e. The number of hydrogen-bond donors (Lipinski definition) is 1. The van der Waals surface area contributed by atoms with Crippen LogP contribution in [0.1, 0.15) is 53.9 Å². The normalized spacial score (nSPS) is 36.5. The molecule has 3 heteroatoms. The Labute approximate surface area is 125 Å². The zero-order chi connectivity index (χ0) is 14.9. The maximum atomic E-state index is 6.28. The van der Waals surface area contributed by atoms with Crippen molar-refractivity contribution in [3.05, 3.63) is 0 Å². The first-order chi connectivity index (χ1) is 9.39. The van der Waals surface area contributed by atoms with Gasteiger partial charge in [-0.25, -0.2) is 0 Å². The van der Waals surface area contributed by atoms with E-state index in [0.717, 1.165) is 18.4 Å². The van der Waals surface area contributed by atoms with Crippen molar-refractivity contribution in [2.24, 2.45) is 17.6 Å². The number of hydrogen-bond acceptors (Lipinski definition) is 3. The molecule has 0 aromatic heterocycles. The van der Waals surface area contributed by atoms with Gasteiger partial charge in [0.1, 0.15) is 0 Å². The van der Waals surface area contributed by atoms with Gasteiger partial charge in [-0.05, 0) is 51.9 Å². The molecule has 0 radical (unpaired) electrons. The first kappa shape index (κ1) is 16.3. The summed E-state index contributed by atoms with van der Waals surface area (Å²) in [7, 11) is 0. The van der Waals surface area contributed by atoms with Crippen molar-refractivity contribution in [1.82, 2.24) is 9.80 Å². The van der Waals surface area contributed by atoms with E-state index in [1.54, 1.807) is 0 Å². The minimum Gasteiger partial charge on any atom is -0.329 e. The van der Waals surface area contributed by atoms with Crippen molar-refractivity contribution >= 4 is 0 Å². The van der Waals surface area contributed by atoms with Gasteiger partial charge < -0.3 is 10.6 Å². The van der Waals surface area contributed by atoms with Crippen LogP contribution in [-0.4, -0.2) is 53.6 Å². The largest absolute Gasteiger partial charge is 0.329 e. The van der Waals surface area contributed by atoms with Gasteiger partial charge in [0.05, 0.1) is 0 Å². The molecule has 2 aliphatic heterocycles. The Morgan fingerprint density at radius 1 is 1.15 bits per heavy atom. The second-order valence-corrected chi connectivity index (χ2v) is 7.77. The molecule has 3 atom stereocenters. The van der Waals surface area contributed by atoms with Crippen LogP contribution in [0.2, 0.25) is 0 Å². The molecule has 2 fully saturated rings. The van der Waals surface area contributed by atoms with E-state index in [4.69, 9.17) is 5.73 Å². The third-order valence-corrected chi connectivity index (χ3v) is 6.05. The lowest BCUT2D eigenvalue weighted by Crippen LogP contribution is -2.65.